The molecule has 0 aromatic heterocycles. The third-order valence-corrected chi connectivity index (χ3v) is 20.8. The summed E-state index contributed by atoms with van der Waals surface area (Å²) in [6, 6.07) is 0. The summed E-state index contributed by atoms with van der Waals surface area (Å²) in [5.41, 5.74) is 0. The van der Waals surface area contributed by atoms with Gasteiger partial charge in [0.25, 0.3) is 0 Å². The van der Waals surface area contributed by atoms with Gasteiger partial charge >= 0.3 is 33.6 Å². The van der Waals surface area contributed by atoms with Crippen LogP contribution in [0.3, 0.4) is 0 Å². The lowest BCUT2D eigenvalue weighted by molar-refractivity contribution is -0.161. The first kappa shape index (κ1) is 110. The summed E-state index contributed by atoms with van der Waals surface area (Å²) >= 11 is 0. The van der Waals surface area contributed by atoms with Crippen molar-refractivity contribution in [1.82, 2.24) is 0 Å². The molecule has 0 saturated carbocycles. The number of hydrogen-bond donors (Lipinski definition) is 4. The van der Waals surface area contributed by atoms with Crippen molar-refractivity contribution >= 4 is 33.6 Å². The fourth-order valence-electron chi connectivity index (χ4n) is 12.1. The molecule has 5 unspecified atom stereocenters. The van der Waals surface area contributed by atoms with Gasteiger partial charge in [0.15, 0.2) is 6.10 Å². The van der Waals surface area contributed by atoms with Gasteiger partial charge in [-0.15, -0.1) is 0 Å². The number of rotatable bonds is 85. The largest absolute Gasteiger partial charge is 0.472 e. The van der Waals surface area contributed by atoms with Crippen LogP contribution < -0.4 is 0 Å². The molecule has 115 heavy (non-hydrogen) atoms. The van der Waals surface area contributed by atoms with Gasteiger partial charge in [-0.25, -0.2) is 9.13 Å². The maximum Gasteiger partial charge on any atom is 0.472 e. The number of allylic oxidation sites excluding steroid dienone is 28. The summed E-state index contributed by atoms with van der Waals surface area (Å²) in [6.45, 7) is 2.44. The van der Waals surface area contributed by atoms with Crippen molar-refractivity contribution in [2.75, 3.05) is 39.6 Å². The van der Waals surface area contributed by atoms with Crippen LogP contribution in [-0.4, -0.2) is 95.9 Å². The number of phosphoric ester groups is 2. The Morgan fingerprint density at radius 3 is 0.730 bits per heavy atom. The van der Waals surface area contributed by atoms with E-state index in [1.807, 2.05) is 0 Å². The van der Waals surface area contributed by atoms with E-state index < -0.39 is 91.5 Å². The quantitative estimate of drug-likeness (QED) is 0.0146. The summed E-state index contributed by atoms with van der Waals surface area (Å²) in [7, 11) is -9.82. The number of carbonyl (C=O) groups is 3. The number of phosphoric acid groups is 2. The third kappa shape index (κ3) is 89.5. The molecule has 0 amide bonds. The van der Waals surface area contributed by atoms with Crippen molar-refractivity contribution in [1.29, 1.82) is 0 Å². The first-order valence-corrected chi connectivity index (χ1v) is 48.4. The van der Waals surface area contributed by atoms with E-state index in [-0.39, 0.29) is 19.3 Å². The van der Waals surface area contributed by atoms with Gasteiger partial charge in [-0.3, -0.25) is 32.5 Å². The molecule has 0 saturated heterocycles. The summed E-state index contributed by atoms with van der Waals surface area (Å²) in [5, 5.41) is 20.7. The van der Waals surface area contributed by atoms with Crippen molar-refractivity contribution in [3.63, 3.8) is 0 Å². The van der Waals surface area contributed by atoms with Gasteiger partial charge in [0, 0.05) is 19.3 Å². The molecular weight excluding hydrogens is 1480 g/mol. The molecule has 0 radical (unpaired) electrons. The Kier molecular flexibility index (Phi) is 84.3. The molecular formula is C97H164O16P2. The monoisotopic (exact) mass is 1650 g/mol. The standard InChI is InChI=1S/C97H164O16P2/c1-4-7-10-13-16-19-22-25-28-31-34-37-39-41-43-45-47-49-51-54-56-59-62-65-68-71-74-77-80-83-95(100)107-86-92(98)87-109-114(103,104)110-88-93(99)89-111-115(105,106)112-91-94(113-97(102)85-82-79-76-73-70-67-64-61-58-53-36-33-30-27-24-21-18-15-12-9-6-3)90-108-96(101)84-81-78-75-72-69-66-63-60-57-55-52-50-48-46-44-42-40-38-35-32-29-26-23-20-17-14-11-8-5-2/h7-8,10-11,16-21,25-30,34-38,41-44,53,61,64,92-94,98-99H,4-6,9,12-15,22-24,31-33,39-40,45-52,54-60,62-63,65-91H2,1-3H3,(H,103,104)(H,105,106)/b10-7-,11-8-,19-16-,20-17-,21-18-,28-25-,29-26-,30-27-,37-34-,38-35-,43-41-,44-42-,53-36-,64-61-. The zero-order valence-corrected chi connectivity index (χ0v) is 74.2. The summed E-state index contributed by atoms with van der Waals surface area (Å²) in [5.74, 6) is -1.59. The van der Waals surface area contributed by atoms with E-state index in [0.29, 0.717) is 19.3 Å². The Bertz CT molecular complexity index is 2770. The van der Waals surface area contributed by atoms with Gasteiger partial charge in [0.05, 0.1) is 26.4 Å². The lowest BCUT2D eigenvalue weighted by Gasteiger charge is -2.21. The van der Waals surface area contributed by atoms with Gasteiger partial charge in [0.1, 0.15) is 25.4 Å². The van der Waals surface area contributed by atoms with Crippen molar-refractivity contribution in [3.8, 4) is 0 Å². The molecule has 0 fully saturated rings. The lowest BCUT2D eigenvalue weighted by Crippen LogP contribution is -2.30. The zero-order valence-electron chi connectivity index (χ0n) is 72.4. The van der Waals surface area contributed by atoms with Crippen LogP contribution in [0.5, 0.6) is 0 Å². The first-order valence-electron chi connectivity index (χ1n) is 45.4. The second kappa shape index (κ2) is 88.2. The van der Waals surface area contributed by atoms with E-state index in [1.54, 1.807) is 0 Å². The van der Waals surface area contributed by atoms with Crippen molar-refractivity contribution in [2.45, 2.75) is 386 Å². The first-order chi connectivity index (χ1) is 56.2. The number of aliphatic hydroxyl groups excluding tert-OH is 2. The van der Waals surface area contributed by atoms with Gasteiger partial charge in [-0.1, -0.05) is 364 Å². The predicted molar refractivity (Wildman–Crippen MR) is 482 cm³/mol. The van der Waals surface area contributed by atoms with E-state index in [4.69, 9.17) is 32.3 Å². The Balaban J connectivity index is 4.63. The van der Waals surface area contributed by atoms with Crippen molar-refractivity contribution in [2.24, 2.45) is 0 Å². The lowest BCUT2D eigenvalue weighted by atomic mass is 10.0. The molecule has 16 nitrogen and oxygen atoms in total. The summed E-state index contributed by atoms with van der Waals surface area (Å²) in [4.78, 5) is 59.0. The van der Waals surface area contributed by atoms with Crippen LogP contribution in [-0.2, 0) is 55.8 Å². The van der Waals surface area contributed by atoms with Crippen molar-refractivity contribution < 1.29 is 75.8 Å². The van der Waals surface area contributed by atoms with Gasteiger partial charge in [-0.05, 0) is 154 Å². The van der Waals surface area contributed by atoms with Gasteiger partial charge in [0.2, 0.25) is 0 Å². The third-order valence-electron chi connectivity index (χ3n) is 18.9. The van der Waals surface area contributed by atoms with Crippen LogP contribution in [0.2, 0.25) is 0 Å². The minimum Gasteiger partial charge on any atom is -0.463 e. The Labute approximate surface area is 701 Å². The smallest absolute Gasteiger partial charge is 0.463 e. The van der Waals surface area contributed by atoms with Gasteiger partial charge in [-0.2, -0.15) is 0 Å². The molecule has 0 rings (SSSR count). The van der Waals surface area contributed by atoms with Crippen LogP contribution in [0.15, 0.2) is 170 Å². The normalized spacial score (nSPS) is 14.6. The van der Waals surface area contributed by atoms with Crippen LogP contribution >= 0.6 is 15.6 Å². The maximum absolute atomic E-state index is 13.1. The van der Waals surface area contributed by atoms with E-state index in [9.17, 15) is 43.5 Å². The highest BCUT2D eigenvalue weighted by Crippen LogP contribution is 2.45. The molecule has 0 heterocycles. The van der Waals surface area contributed by atoms with Crippen LogP contribution in [0.1, 0.15) is 367 Å². The number of esters is 3. The molecule has 0 aliphatic rings. The van der Waals surface area contributed by atoms with Crippen LogP contribution in [0.25, 0.3) is 0 Å². The Morgan fingerprint density at radius 1 is 0.252 bits per heavy atom. The average molecular weight is 1650 g/mol. The van der Waals surface area contributed by atoms with E-state index in [1.165, 1.54) is 128 Å². The topological polar surface area (TPSA) is 231 Å². The maximum atomic E-state index is 13.1. The average Bonchev–Trinajstić information content (AvgIpc) is 0.901. The molecule has 4 N–H and O–H groups in total. The SMILES string of the molecule is CC/C=C\C/C=C\C/C=C\C/C=C\C/C=C\CCCCCCCCCCCCCCCC(=O)OCC(O)COP(=O)(O)OCC(O)COP(=O)(O)OCC(COC(=O)CCCCCCCCCCCCCCC/C=C\C/C=C\C/C=C\C/C=C\C/C=C\CC)OC(=O)CCCCCCC/C=C\C/C=C\C/C=C\C/C=C\CCCCC. The molecule has 0 bridgehead atoms. The minimum absolute atomic E-state index is 0.0796. The van der Waals surface area contributed by atoms with E-state index in [0.717, 1.165) is 180 Å². The van der Waals surface area contributed by atoms with Crippen LogP contribution in [0.4, 0.5) is 0 Å². The number of ether oxygens (including phenoxy) is 3. The number of carbonyl (C=O) groups excluding carboxylic acids is 3. The molecule has 0 aliphatic carbocycles. The molecule has 0 aromatic carbocycles. The number of hydrogen-bond acceptors (Lipinski definition) is 14. The molecule has 0 aliphatic heterocycles. The Hall–Kier alpha value is -5.09. The van der Waals surface area contributed by atoms with Gasteiger partial charge < -0.3 is 34.2 Å². The summed E-state index contributed by atoms with van der Waals surface area (Å²) in [6.07, 6.45) is 114. The Morgan fingerprint density at radius 2 is 0.461 bits per heavy atom. The second-order valence-corrected chi connectivity index (χ2v) is 32.9. The molecule has 18 heteroatoms. The van der Waals surface area contributed by atoms with Crippen molar-refractivity contribution in [3.05, 3.63) is 170 Å². The highest BCUT2D eigenvalue weighted by molar-refractivity contribution is 7.47. The van der Waals surface area contributed by atoms with E-state index in [2.05, 4.69) is 191 Å². The minimum atomic E-state index is -4.95. The van der Waals surface area contributed by atoms with E-state index >= 15 is 0 Å². The number of unbranched alkanes of at least 4 members (excludes halogenated alkanes) is 34. The molecule has 0 spiro atoms. The predicted octanol–water partition coefficient (Wildman–Crippen LogP) is 27.9. The second-order valence-electron chi connectivity index (χ2n) is 30.0. The molecule has 5 atom stereocenters. The highest BCUT2D eigenvalue weighted by Gasteiger charge is 2.29. The fraction of sp³-hybridized carbons (Fsp3) is 0.680. The highest BCUT2D eigenvalue weighted by atomic mass is 31.2. The van der Waals surface area contributed by atoms with Crippen LogP contribution in [0, 0.1) is 0 Å². The molecule has 0 aromatic rings. The zero-order chi connectivity index (χ0) is 83.6. The summed E-state index contributed by atoms with van der Waals surface area (Å²) < 4.78 is 61.5. The fourth-order valence-corrected chi connectivity index (χ4v) is 13.7. The number of aliphatic hydroxyl groups is 2. The molecule has 658 valence electrons.